The van der Waals surface area contributed by atoms with Crippen LogP contribution in [0.4, 0.5) is 0 Å². The fraction of sp³-hybridized carbons (Fsp3) is 0.538. The van der Waals surface area contributed by atoms with E-state index < -0.39 is 0 Å². The first-order valence-electron chi connectivity index (χ1n) is 5.97. The molecule has 0 aliphatic heterocycles. The fourth-order valence-electron chi connectivity index (χ4n) is 2.20. The molecule has 0 unspecified atom stereocenters. The van der Waals surface area contributed by atoms with Gasteiger partial charge in [-0.05, 0) is 37.8 Å². The van der Waals surface area contributed by atoms with Crippen molar-refractivity contribution in [1.82, 2.24) is 5.32 Å². The minimum Gasteiger partial charge on any atom is -0.310 e. The summed E-state index contributed by atoms with van der Waals surface area (Å²) in [5.41, 5.74) is 0.990. The maximum absolute atomic E-state index is 6.12. The van der Waals surface area contributed by atoms with Gasteiger partial charge in [0.15, 0.2) is 0 Å². The van der Waals surface area contributed by atoms with Crippen LogP contribution < -0.4 is 5.32 Å². The molecule has 1 nitrogen and oxygen atoms in total. The van der Waals surface area contributed by atoms with Crippen LogP contribution in [0.5, 0.6) is 0 Å². The highest BCUT2D eigenvalue weighted by Gasteiger charge is 2.19. The van der Waals surface area contributed by atoms with Gasteiger partial charge in [0.1, 0.15) is 0 Å². The molecule has 1 N–H and O–H groups in total. The maximum atomic E-state index is 6.12. The molecule has 17 heavy (non-hydrogen) atoms. The van der Waals surface area contributed by atoms with Crippen LogP contribution in [0.25, 0.3) is 0 Å². The van der Waals surface area contributed by atoms with Crippen LogP contribution in [0.1, 0.15) is 31.2 Å². The van der Waals surface area contributed by atoms with Gasteiger partial charge in [-0.2, -0.15) is 0 Å². The summed E-state index contributed by atoms with van der Waals surface area (Å²) in [5.74, 6) is 0. The predicted octanol–water partition coefficient (Wildman–Crippen LogP) is 4.63. The third kappa shape index (κ3) is 3.75. The Kier molecular flexibility index (Phi) is 4.98. The Labute approximate surface area is 117 Å². The van der Waals surface area contributed by atoms with Crippen LogP contribution in [-0.4, -0.2) is 11.4 Å². The molecule has 0 saturated heterocycles. The molecule has 1 aromatic rings. The zero-order valence-corrected chi connectivity index (χ0v) is 11.8. The van der Waals surface area contributed by atoms with Gasteiger partial charge in [-0.1, -0.05) is 29.3 Å². The highest BCUT2D eigenvalue weighted by atomic mass is 35.5. The summed E-state index contributed by atoms with van der Waals surface area (Å²) in [6.07, 6.45) is 4.46. The number of hydrogen-bond donors (Lipinski definition) is 1. The van der Waals surface area contributed by atoms with Crippen LogP contribution in [-0.2, 0) is 6.54 Å². The molecule has 2 rings (SSSR count). The first-order chi connectivity index (χ1) is 8.16. The van der Waals surface area contributed by atoms with E-state index in [9.17, 15) is 0 Å². The van der Waals surface area contributed by atoms with Crippen molar-refractivity contribution in [2.45, 2.75) is 43.6 Å². The normalized spacial score (nSPS) is 24.9. The first-order valence-corrected chi connectivity index (χ1v) is 7.16. The average Bonchev–Trinajstić information content (AvgIpc) is 2.31. The van der Waals surface area contributed by atoms with E-state index in [4.69, 9.17) is 34.8 Å². The van der Waals surface area contributed by atoms with Gasteiger partial charge in [-0.25, -0.2) is 0 Å². The van der Waals surface area contributed by atoms with Crippen molar-refractivity contribution in [1.29, 1.82) is 0 Å². The van der Waals surface area contributed by atoms with Crippen molar-refractivity contribution in [3.63, 3.8) is 0 Å². The van der Waals surface area contributed by atoms with E-state index in [2.05, 4.69) is 5.32 Å². The molecule has 0 aromatic heterocycles. The highest BCUT2D eigenvalue weighted by molar-refractivity contribution is 6.35. The SMILES string of the molecule is Clc1cccc(Cl)c1CNC1CCC(Cl)CC1. The van der Waals surface area contributed by atoms with Crippen LogP contribution in [0.15, 0.2) is 18.2 Å². The van der Waals surface area contributed by atoms with Crippen molar-refractivity contribution in [3.8, 4) is 0 Å². The molecule has 0 spiro atoms. The molecule has 94 valence electrons. The van der Waals surface area contributed by atoms with Crippen molar-refractivity contribution < 1.29 is 0 Å². The maximum Gasteiger partial charge on any atom is 0.0465 e. The Hall–Kier alpha value is 0.0500. The lowest BCUT2D eigenvalue weighted by Crippen LogP contribution is -2.33. The van der Waals surface area contributed by atoms with Crippen molar-refractivity contribution in [2.24, 2.45) is 0 Å². The Bertz CT molecular complexity index is 353. The van der Waals surface area contributed by atoms with Crippen LogP contribution >= 0.6 is 34.8 Å². The lowest BCUT2D eigenvalue weighted by atomic mass is 9.95. The number of halogens is 3. The summed E-state index contributed by atoms with van der Waals surface area (Å²) < 4.78 is 0. The van der Waals surface area contributed by atoms with Crippen LogP contribution in [0.2, 0.25) is 10.0 Å². The molecule has 0 atom stereocenters. The van der Waals surface area contributed by atoms with E-state index in [1.807, 2.05) is 18.2 Å². The predicted molar refractivity (Wildman–Crippen MR) is 75.2 cm³/mol. The zero-order valence-electron chi connectivity index (χ0n) is 9.56. The van der Waals surface area contributed by atoms with E-state index in [0.717, 1.165) is 47.8 Å². The second kappa shape index (κ2) is 6.29. The number of hydrogen-bond acceptors (Lipinski definition) is 1. The molecule has 4 heteroatoms. The summed E-state index contributed by atoms with van der Waals surface area (Å²) in [6.45, 7) is 0.732. The lowest BCUT2D eigenvalue weighted by Gasteiger charge is -2.26. The van der Waals surface area contributed by atoms with Gasteiger partial charge in [0.05, 0.1) is 0 Å². The largest absolute Gasteiger partial charge is 0.310 e. The van der Waals surface area contributed by atoms with Crippen molar-refractivity contribution >= 4 is 34.8 Å². The number of rotatable bonds is 3. The molecule has 1 aliphatic rings. The van der Waals surface area contributed by atoms with Gasteiger partial charge in [0.2, 0.25) is 0 Å². The Morgan fingerprint density at radius 1 is 1.06 bits per heavy atom. The second-order valence-corrected chi connectivity index (χ2v) is 5.96. The van der Waals surface area contributed by atoms with E-state index >= 15 is 0 Å². The zero-order chi connectivity index (χ0) is 12.3. The molecule has 1 aliphatic carbocycles. The third-order valence-electron chi connectivity index (χ3n) is 3.29. The summed E-state index contributed by atoms with van der Waals surface area (Å²) in [6, 6.07) is 6.16. The van der Waals surface area contributed by atoms with Gasteiger partial charge in [-0.15, -0.1) is 11.6 Å². The third-order valence-corrected chi connectivity index (χ3v) is 4.43. The van der Waals surface area contributed by atoms with Crippen LogP contribution in [0.3, 0.4) is 0 Å². The van der Waals surface area contributed by atoms with E-state index in [-0.39, 0.29) is 0 Å². The lowest BCUT2D eigenvalue weighted by molar-refractivity contribution is 0.376. The fourth-order valence-corrected chi connectivity index (χ4v) is 2.99. The van der Waals surface area contributed by atoms with Gasteiger partial charge in [-0.3, -0.25) is 0 Å². The standard InChI is InChI=1S/C13H16Cl3N/c14-9-4-6-10(7-5-9)17-8-11-12(15)2-1-3-13(11)16/h1-3,9-10,17H,4-8H2. The van der Waals surface area contributed by atoms with E-state index in [1.54, 1.807) is 0 Å². The van der Waals surface area contributed by atoms with Gasteiger partial charge >= 0.3 is 0 Å². The van der Waals surface area contributed by atoms with E-state index in [0.29, 0.717) is 11.4 Å². The van der Waals surface area contributed by atoms with Gasteiger partial charge in [0.25, 0.3) is 0 Å². The molecule has 1 aromatic carbocycles. The summed E-state index contributed by atoms with van der Waals surface area (Å²) >= 11 is 18.3. The molecule has 0 radical (unpaired) electrons. The first kappa shape index (κ1) is 13.5. The van der Waals surface area contributed by atoms with Gasteiger partial charge in [0, 0.05) is 33.6 Å². The summed E-state index contributed by atoms with van der Waals surface area (Å²) in [4.78, 5) is 0. The molecule has 0 amide bonds. The van der Waals surface area contributed by atoms with Crippen LogP contribution in [0, 0.1) is 0 Å². The second-order valence-electron chi connectivity index (χ2n) is 4.53. The monoisotopic (exact) mass is 291 g/mol. The molecule has 1 saturated carbocycles. The number of alkyl halides is 1. The minimum atomic E-state index is 0.358. The molecule has 0 heterocycles. The molecular formula is C13H16Cl3N. The molecule has 0 bridgehead atoms. The quantitative estimate of drug-likeness (QED) is 0.801. The van der Waals surface area contributed by atoms with E-state index in [1.165, 1.54) is 0 Å². The minimum absolute atomic E-state index is 0.358. The Morgan fingerprint density at radius 2 is 1.65 bits per heavy atom. The number of benzene rings is 1. The Morgan fingerprint density at radius 3 is 2.24 bits per heavy atom. The summed E-state index contributed by atoms with van der Waals surface area (Å²) in [5, 5.41) is 5.34. The smallest absolute Gasteiger partial charge is 0.0465 e. The molecule has 1 fully saturated rings. The topological polar surface area (TPSA) is 12.0 Å². The average molecular weight is 293 g/mol. The van der Waals surface area contributed by atoms with Gasteiger partial charge < -0.3 is 5.32 Å². The molecular weight excluding hydrogens is 277 g/mol. The summed E-state index contributed by atoms with van der Waals surface area (Å²) in [7, 11) is 0. The van der Waals surface area contributed by atoms with Crippen molar-refractivity contribution in [2.75, 3.05) is 0 Å². The Balaban J connectivity index is 1.89. The number of nitrogens with one attached hydrogen (secondary N) is 1. The van der Waals surface area contributed by atoms with Crippen molar-refractivity contribution in [3.05, 3.63) is 33.8 Å². The highest BCUT2D eigenvalue weighted by Crippen LogP contribution is 2.26.